The molecule has 1 heterocycles. The van der Waals surface area contributed by atoms with Gasteiger partial charge in [0.25, 0.3) is 0 Å². The summed E-state index contributed by atoms with van der Waals surface area (Å²) in [5, 5.41) is 0. The standard InChI is InChI=1S/C43H85N/c1-5-7-9-11-12-13-14-15-16-17-18-19-20-21-23-26-30-34-38-43(40-44(4)41-43)39-35-31-27-24-22-25-29-33-37-42(3)36-32-28-10-8-6-2/h32,36,42H,5-31,33-35,37-41H2,1-4H3/b36-32+. The fraction of sp³-hybridized carbons (Fsp3) is 0.953. The average molecular weight is 616 g/mol. The van der Waals surface area contributed by atoms with Gasteiger partial charge in [0.2, 0.25) is 0 Å². The number of hydrogen-bond donors (Lipinski definition) is 0. The van der Waals surface area contributed by atoms with Crippen LogP contribution in [0.4, 0.5) is 0 Å². The van der Waals surface area contributed by atoms with Crippen molar-refractivity contribution in [3.8, 4) is 0 Å². The van der Waals surface area contributed by atoms with Crippen LogP contribution in [0.1, 0.15) is 233 Å². The Balaban J connectivity index is 1.87. The number of hydrogen-bond acceptors (Lipinski definition) is 1. The van der Waals surface area contributed by atoms with E-state index in [9.17, 15) is 0 Å². The maximum atomic E-state index is 2.57. The Kier molecular flexibility index (Phi) is 29.7. The summed E-state index contributed by atoms with van der Waals surface area (Å²) in [6.45, 7) is 9.76. The van der Waals surface area contributed by atoms with Gasteiger partial charge < -0.3 is 4.90 Å². The van der Waals surface area contributed by atoms with E-state index < -0.39 is 0 Å². The van der Waals surface area contributed by atoms with Gasteiger partial charge in [0, 0.05) is 13.1 Å². The molecule has 1 saturated heterocycles. The second kappa shape index (κ2) is 31.3. The van der Waals surface area contributed by atoms with Gasteiger partial charge in [-0.1, -0.05) is 213 Å². The third kappa shape index (κ3) is 25.8. The molecule has 1 unspecified atom stereocenters. The van der Waals surface area contributed by atoms with Crippen LogP contribution < -0.4 is 0 Å². The minimum Gasteiger partial charge on any atom is -0.305 e. The molecule has 0 N–H and O–H groups in total. The maximum absolute atomic E-state index is 2.57. The lowest BCUT2D eigenvalue weighted by atomic mass is 9.72. The molecule has 0 aromatic rings. The van der Waals surface area contributed by atoms with Crippen LogP contribution in [0, 0.1) is 11.3 Å². The Bertz CT molecular complexity index is 588. The Morgan fingerprint density at radius 1 is 0.477 bits per heavy atom. The van der Waals surface area contributed by atoms with Crippen LogP contribution in [0.3, 0.4) is 0 Å². The highest BCUT2D eigenvalue weighted by Gasteiger charge is 2.39. The van der Waals surface area contributed by atoms with E-state index in [0.717, 1.165) is 5.92 Å². The summed E-state index contributed by atoms with van der Waals surface area (Å²) in [5.74, 6) is 0.781. The van der Waals surface area contributed by atoms with E-state index >= 15 is 0 Å². The largest absolute Gasteiger partial charge is 0.305 e. The summed E-state index contributed by atoms with van der Waals surface area (Å²) in [6, 6.07) is 0. The van der Waals surface area contributed by atoms with Crippen LogP contribution in [0.25, 0.3) is 0 Å². The molecule has 0 amide bonds. The van der Waals surface area contributed by atoms with E-state index in [0.29, 0.717) is 5.41 Å². The van der Waals surface area contributed by atoms with Crippen molar-refractivity contribution in [2.24, 2.45) is 11.3 Å². The minimum atomic E-state index is 0.685. The molecule has 0 spiro atoms. The van der Waals surface area contributed by atoms with Gasteiger partial charge in [-0.25, -0.2) is 0 Å². The van der Waals surface area contributed by atoms with Crippen LogP contribution in [-0.2, 0) is 0 Å². The molecule has 44 heavy (non-hydrogen) atoms. The summed E-state index contributed by atoms with van der Waals surface area (Å²) in [5.41, 5.74) is 0.685. The molecule has 0 bridgehead atoms. The Morgan fingerprint density at radius 2 is 0.818 bits per heavy atom. The van der Waals surface area contributed by atoms with Crippen molar-refractivity contribution in [1.82, 2.24) is 4.90 Å². The van der Waals surface area contributed by atoms with Crippen LogP contribution in [-0.4, -0.2) is 25.0 Å². The zero-order valence-electron chi connectivity index (χ0n) is 31.4. The summed E-state index contributed by atoms with van der Waals surface area (Å²) in [4.78, 5) is 2.57. The van der Waals surface area contributed by atoms with Crippen molar-refractivity contribution >= 4 is 0 Å². The quantitative estimate of drug-likeness (QED) is 0.0506. The van der Waals surface area contributed by atoms with E-state index in [1.807, 2.05) is 0 Å². The molecular formula is C43H85N. The predicted molar refractivity (Wildman–Crippen MR) is 202 cm³/mol. The van der Waals surface area contributed by atoms with Gasteiger partial charge in [-0.2, -0.15) is 0 Å². The van der Waals surface area contributed by atoms with Crippen molar-refractivity contribution in [1.29, 1.82) is 0 Å². The van der Waals surface area contributed by atoms with Gasteiger partial charge in [0.15, 0.2) is 0 Å². The van der Waals surface area contributed by atoms with Crippen molar-refractivity contribution < 1.29 is 0 Å². The van der Waals surface area contributed by atoms with Gasteiger partial charge in [-0.3, -0.25) is 0 Å². The second-order valence-electron chi connectivity index (χ2n) is 15.7. The average Bonchev–Trinajstić information content (AvgIpc) is 3.00. The number of allylic oxidation sites excluding steroid dienone is 2. The highest BCUT2D eigenvalue weighted by atomic mass is 15.2. The van der Waals surface area contributed by atoms with E-state index in [2.05, 4.69) is 44.9 Å². The van der Waals surface area contributed by atoms with Crippen LogP contribution in [0.2, 0.25) is 0 Å². The highest BCUT2D eigenvalue weighted by molar-refractivity contribution is 4.93. The minimum absolute atomic E-state index is 0.685. The predicted octanol–water partition coefficient (Wildman–Crippen LogP) is 15.0. The van der Waals surface area contributed by atoms with Crippen LogP contribution >= 0.6 is 0 Å². The monoisotopic (exact) mass is 616 g/mol. The van der Waals surface area contributed by atoms with Gasteiger partial charge in [-0.05, 0) is 50.5 Å². The molecule has 0 aliphatic carbocycles. The molecule has 1 nitrogen and oxygen atoms in total. The first-order chi connectivity index (χ1) is 21.6. The molecule has 1 aliphatic rings. The first-order valence-electron chi connectivity index (χ1n) is 21.0. The Hall–Kier alpha value is -0.300. The molecule has 1 heteroatoms. The third-order valence-corrected chi connectivity index (χ3v) is 10.8. The third-order valence-electron chi connectivity index (χ3n) is 10.8. The Labute approximate surface area is 280 Å². The first-order valence-corrected chi connectivity index (χ1v) is 21.0. The zero-order chi connectivity index (χ0) is 31.8. The number of nitrogens with zero attached hydrogens (tertiary/aromatic N) is 1. The summed E-state index contributed by atoms with van der Waals surface area (Å²) >= 11 is 0. The maximum Gasteiger partial charge on any atom is 0.00474 e. The smallest absolute Gasteiger partial charge is 0.00474 e. The van der Waals surface area contributed by atoms with Crippen LogP contribution in [0.5, 0.6) is 0 Å². The molecule has 1 aliphatic heterocycles. The lowest BCUT2D eigenvalue weighted by Gasteiger charge is -2.49. The normalized spacial score (nSPS) is 15.7. The fourth-order valence-electron chi connectivity index (χ4n) is 7.91. The molecular weight excluding hydrogens is 530 g/mol. The second-order valence-corrected chi connectivity index (χ2v) is 15.7. The van der Waals surface area contributed by atoms with E-state index in [4.69, 9.17) is 0 Å². The van der Waals surface area contributed by atoms with Gasteiger partial charge in [0.1, 0.15) is 0 Å². The molecule has 0 saturated carbocycles. The van der Waals surface area contributed by atoms with E-state index in [1.165, 1.54) is 225 Å². The highest BCUT2D eigenvalue weighted by Crippen LogP contribution is 2.40. The molecule has 1 fully saturated rings. The molecule has 262 valence electrons. The SMILES string of the molecule is CCCCC/C=C/C(C)CCCCCCCCCCC1(CCCCCCCCCCCCCCCCCCCC)CN(C)C1. The molecule has 1 atom stereocenters. The van der Waals surface area contributed by atoms with Gasteiger partial charge in [-0.15, -0.1) is 0 Å². The van der Waals surface area contributed by atoms with Crippen molar-refractivity contribution in [2.45, 2.75) is 233 Å². The lowest BCUT2D eigenvalue weighted by molar-refractivity contribution is 0.00256. The number of unbranched alkanes of at least 4 members (excludes halogenated alkanes) is 27. The van der Waals surface area contributed by atoms with Crippen molar-refractivity contribution in [3.63, 3.8) is 0 Å². The zero-order valence-corrected chi connectivity index (χ0v) is 31.4. The molecule has 0 aromatic carbocycles. The lowest BCUT2D eigenvalue weighted by Crippen LogP contribution is -2.54. The fourth-order valence-corrected chi connectivity index (χ4v) is 7.91. The van der Waals surface area contributed by atoms with Gasteiger partial charge >= 0.3 is 0 Å². The molecule has 1 rings (SSSR count). The number of rotatable bonds is 35. The summed E-state index contributed by atoms with van der Waals surface area (Å²) in [6.07, 6.45) is 53.0. The molecule has 0 aromatic heterocycles. The van der Waals surface area contributed by atoms with Crippen molar-refractivity contribution in [3.05, 3.63) is 12.2 Å². The van der Waals surface area contributed by atoms with Gasteiger partial charge in [0.05, 0.1) is 0 Å². The number of likely N-dealkylation sites (tertiary alicyclic amines) is 1. The van der Waals surface area contributed by atoms with Crippen LogP contribution in [0.15, 0.2) is 12.2 Å². The summed E-state index contributed by atoms with van der Waals surface area (Å²) in [7, 11) is 2.33. The van der Waals surface area contributed by atoms with E-state index in [1.54, 1.807) is 0 Å². The topological polar surface area (TPSA) is 3.24 Å². The molecule has 0 radical (unpaired) electrons. The first kappa shape index (κ1) is 41.7. The Morgan fingerprint density at radius 3 is 1.20 bits per heavy atom. The summed E-state index contributed by atoms with van der Waals surface area (Å²) < 4.78 is 0. The van der Waals surface area contributed by atoms with E-state index in [-0.39, 0.29) is 0 Å². The van der Waals surface area contributed by atoms with Crippen molar-refractivity contribution in [2.75, 3.05) is 20.1 Å².